The molecule has 0 atom stereocenters. The quantitative estimate of drug-likeness (QED) is 0.237. The van der Waals surface area contributed by atoms with Gasteiger partial charge in [0.05, 0.1) is 20.2 Å². The summed E-state index contributed by atoms with van der Waals surface area (Å²) >= 11 is 0. The number of guanidine groups is 1. The molecule has 0 aliphatic carbocycles. The third-order valence-electron chi connectivity index (χ3n) is 3.21. The number of rotatable bonds is 9. The van der Waals surface area contributed by atoms with Crippen LogP contribution in [0.4, 0.5) is 8.78 Å². The normalized spacial score (nSPS) is 10.7. The number of amides is 1. The number of nitrogens with one attached hydrogen (secondary N) is 2. The summed E-state index contributed by atoms with van der Waals surface area (Å²) < 4.78 is 34.8. The van der Waals surface area contributed by atoms with Crippen molar-refractivity contribution in [2.24, 2.45) is 4.99 Å². The first-order valence-corrected chi connectivity index (χ1v) is 7.82. The van der Waals surface area contributed by atoms with E-state index in [1.807, 2.05) is 0 Å². The van der Waals surface area contributed by atoms with Crippen LogP contribution in [0.15, 0.2) is 35.8 Å². The van der Waals surface area contributed by atoms with E-state index in [2.05, 4.69) is 26.9 Å². The van der Waals surface area contributed by atoms with Crippen molar-refractivity contribution in [3.63, 3.8) is 0 Å². The summed E-state index contributed by atoms with van der Waals surface area (Å²) in [6.45, 7) is 1.16. The van der Waals surface area contributed by atoms with Crippen molar-refractivity contribution in [2.75, 3.05) is 34.3 Å². The Labute approximate surface area is 174 Å². The zero-order valence-electron chi connectivity index (χ0n) is 15.5. The van der Waals surface area contributed by atoms with E-state index in [-0.39, 0.29) is 48.7 Å². The van der Waals surface area contributed by atoms with Crippen molar-refractivity contribution in [1.82, 2.24) is 15.5 Å². The third-order valence-corrected chi connectivity index (χ3v) is 3.21. The molecule has 0 aliphatic heterocycles. The van der Waals surface area contributed by atoms with Gasteiger partial charge in [0, 0.05) is 26.2 Å². The Morgan fingerprint density at radius 3 is 2.63 bits per heavy atom. The van der Waals surface area contributed by atoms with Gasteiger partial charge in [0.25, 0.3) is 0 Å². The number of alkyl halides is 2. The Bertz CT molecular complexity index is 643. The van der Waals surface area contributed by atoms with Gasteiger partial charge >= 0.3 is 6.61 Å². The van der Waals surface area contributed by atoms with Gasteiger partial charge < -0.3 is 25.0 Å². The molecule has 2 N–H and O–H groups in total. The second kappa shape index (κ2) is 13.1. The van der Waals surface area contributed by atoms with E-state index in [9.17, 15) is 13.6 Å². The molecule has 0 saturated carbocycles. The van der Waals surface area contributed by atoms with Gasteiger partial charge in [-0.2, -0.15) is 8.78 Å². The molecule has 27 heavy (non-hydrogen) atoms. The van der Waals surface area contributed by atoms with Crippen molar-refractivity contribution in [1.29, 1.82) is 0 Å². The van der Waals surface area contributed by atoms with E-state index in [1.165, 1.54) is 24.1 Å². The minimum absolute atomic E-state index is 0. The van der Waals surface area contributed by atoms with E-state index >= 15 is 0 Å². The van der Waals surface area contributed by atoms with Gasteiger partial charge in [-0.3, -0.25) is 4.79 Å². The number of hydrogen-bond acceptors (Lipinski definition) is 4. The van der Waals surface area contributed by atoms with E-state index < -0.39 is 6.61 Å². The molecule has 0 saturated heterocycles. The Morgan fingerprint density at radius 2 is 2.07 bits per heavy atom. The van der Waals surface area contributed by atoms with Gasteiger partial charge in [0.15, 0.2) is 5.96 Å². The summed E-state index contributed by atoms with van der Waals surface area (Å²) in [7, 11) is 4.76. The fraction of sp³-hybridized carbons (Fsp3) is 0.412. The van der Waals surface area contributed by atoms with Crippen molar-refractivity contribution >= 4 is 35.8 Å². The fourth-order valence-electron chi connectivity index (χ4n) is 1.84. The van der Waals surface area contributed by atoms with Crippen molar-refractivity contribution < 1.29 is 23.0 Å². The highest BCUT2D eigenvalue weighted by atomic mass is 127. The van der Waals surface area contributed by atoms with Gasteiger partial charge in [0.1, 0.15) is 11.5 Å². The van der Waals surface area contributed by atoms with Gasteiger partial charge in [-0.05, 0) is 18.2 Å². The molecule has 152 valence electrons. The molecule has 0 unspecified atom stereocenters. The lowest BCUT2D eigenvalue weighted by atomic mass is 10.2. The number of likely N-dealkylation sites (N-methyl/N-ethyl adjacent to an activating group) is 1. The molecule has 1 aromatic carbocycles. The standard InChI is InChI=1S/C17H24F2N4O3.HI/c1-5-8-20-17(22-11-15(24)23(2)3)21-10-12-9-13(25-4)6-7-14(12)26-16(18)19;/h5-7,9,16H,1,8,10-11H2,2-4H3,(H2,20,21,22);1H. The number of hydrogen-bond donors (Lipinski definition) is 2. The average Bonchev–Trinajstić information content (AvgIpc) is 2.61. The second-order valence-electron chi connectivity index (χ2n) is 5.33. The van der Waals surface area contributed by atoms with Crippen LogP contribution in [0.3, 0.4) is 0 Å². The second-order valence-corrected chi connectivity index (χ2v) is 5.33. The maximum absolute atomic E-state index is 12.6. The third kappa shape index (κ3) is 9.40. The molecule has 0 spiro atoms. The Hall–Kier alpha value is -2.11. The first kappa shape index (κ1) is 24.9. The van der Waals surface area contributed by atoms with Gasteiger partial charge in [-0.1, -0.05) is 6.08 Å². The predicted octanol–water partition coefficient (Wildman–Crippen LogP) is 2.22. The maximum atomic E-state index is 12.6. The molecule has 0 fully saturated rings. The molecule has 10 heteroatoms. The zero-order valence-corrected chi connectivity index (χ0v) is 17.8. The number of ether oxygens (including phenoxy) is 2. The molecular weight excluding hydrogens is 473 g/mol. The van der Waals surface area contributed by atoms with Crippen LogP contribution in [0.2, 0.25) is 0 Å². The largest absolute Gasteiger partial charge is 0.497 e. The number of nitrogens with zero attached hydrogens (tertiary/aromatic N) is 2. The molecule has 0 aromatic heterocycles. The molecule has 1 amide bonds. The lowest BCUT2D eigenvalue weighted by Gasteiger charge is -2.15. The molecule has 0 aliphatic rings. The zero-order chi connectivity index (χ0) is 19.5. The summed E-state index contributed by atoms with van der Waals surface area (Å²) in [5.74, 6) is 0.706. The van der Waals surface area contributed by atoms with Crippen LogP contribution in [0.5, 0.6) is 11.5 Å². The van der Waals surface area contributed by atoms with Crippen LogP contribution in [0.1, 0.15) is 5.56 Å². The van der Waals surface area contributed by atoms with E-state index in [0.717, 1.165) is 0 Å². The molecular formula is C17H25F2IN4O3. The SMILES string of the molecule is C=CCNC(=NCc1cc(OC)ccc1OC(F)F)NCC(=O)N(C)C.I. The highest BCUT2D eigenvalue weighted by Gasteiger charge is 2.11. The number of methoxy groups -OCH3 is 1. The lowest BCUT2D eigenvalue weighted by Crippen LogP contribution is -2.43. The number of carbonyl (C=O) groups excluding carboxylic acids is 1. The van der Waals surface area contributed by atoms with Crippen LogP contribution in [-0.4, -0.2) is 57.7 Å². The van der Waals surface area contributed by atoms with E-state index in [4.69, 9.17) is 4.74 Å². The van der Waals surface area contributed by atoms with Crippen molar-refractivity contribution in [3.05, 3.63) is 36.4 Å². The molecule has 1 aromatic rings. The molecule has 1 rings (SSSR count). The smallest absolute Gasteiger partial charge is 0.387 e. The van der Waals surface area contributed by atoms with Gasteiger partial charge in [-0.25, -0.2) is 4.99 Å². The van der Waals surface area contributed by atoms with Crippen molar-refractivity contribution in [2.45, 2.75) is 13.2 Å². The Morgan fingerprint density at radius 1 is 1.37 bits per heavy atom. The van der Waals surface area contributed by atoms with Crippen LogP contribution < -0.4 is 20.1 Å². The summed E-state index contributed by atoms with van der Waals surface area (Å²) in [4.78, 5) is 17.4. The maximum Gasteiger partial charge on any atom is 0.387 e. The van der Waals surface area contributed by atoms with Gasteiger partial charge in [0.2, 0.25) is 5.91 Å². The average molecular weight is 498 g/mol. The number of halogens is 3. The fourth-order valence-corrected chi connectivity index (χ4v) is 1.84. The van der Waals surface area contributed by atoms with Crippen molar-refractivity contribution in [3.8, 4) is 11.5 Å². The summed E-state index contributed by atoms with van der Waals surface area (Å²) in [5, 5.41) is 5.83. The van der Waals surface area contributed by atoms with Crippen LogP contribution in [0, 0.1) is 0 Å². The lowest BCUT2D eigenvalue weighted by molar-refractivity contribution is -0.127. The Kier molecular flexibility index (Phi) is 12.1. The highest BCUT2D eigenvalue weighted by molar-refractivity contribution is 14.0. The first-order chi connectivity index (χ1) is 12.4. The number of carbonyl (C=O) groups is 1. The minimum atomic E-state index is -2.94. The highest BCUT2D eigenvalue weighted by Crippen LogP contribution is 2.26. The summed E-state index contributed by atoms with van der Waals surface area (Å²) in [6.07, 6.45) is 1.63. The monoisotopic (exact) mass is 498 g/mol. The molecule has 0 heterocycles. The predicted molar refractivity (Wildman–Crippen MR) is 111 cm³/mol. The molecule has 0 bridgehead atoms. The molecule has 7 nitrogen and oxygen atoms in total. The van der Waals surface area contributed by atoms with Crippen LogP contribution >= 0.6 is 24.0 Å². The molecule has 0 radical (unpaired) electrons. The van der Waals surface area contributed by atoms with Crippen LogP contribution in [-0.2, 0) is 11.3 Å². The number of aliphatic imine (C=N–C) groups is 1. The summed E-state index contributed by atoms with van der Waals surface area (Å²) in [5.41, 5.74) is 0.420. The van der Waals surface area contributed by atoms with E-state index in [0.29, 0.717) is 23.8 Å². The minimum Gasteiger partial charge on any atom is -0.497 e. The number of benzene rings is 1. The Balaban J connectivity index is 0.00000676. The summed E-state index contributed by atoms with van der Waals surface area (Å²) in [6, 6.07) is 4.49. The topological polar surface area (TPSA) is 75.2 Å². The van der Waals surface area contributed by atoms with E-state index in [1.54, 1.807) is 26.2 Å². The van der Waals surface area contributed by atoms with Crippen LogP contribution in [0.25, 0.3) is 0 Å². The first-order valence-electron chi connectivity index (χ1n) is 7.82. The van der Waals surface area contributed by atoms with Gasteiger partial charge in [-0.15, -0.1) is 30.6 Å².